The molecule has 0 saturated heterocycles. The largest absolute Gasteiger partial charge is 0.673 e. The molecule has 124 valence electrons. The van der Waals surface area contributed by atoms with E-state index in [1.165, 1.54) is 42.1 Å². The molecule has 1 aliphatic carbocycles. The second-order valence-electron chi connectivity index (χ2n) is 5.56. The third kappa shape index (κ3) is 11.1. The maximum absolute atomic E-state index is 9.75. The highest BCUT2D eigenvalue weighted by Gasteiger charge is 2.20. The quantitative estimate of drug-likeness (QED) is 0.393. The molecule has 1 fully saturated rings. The fraction of sp³-hybridized carbons (Fsp3) is 0.500. The Hall–Kier alpha value is -0.525. The fourth-order valence-electron chi connectivity index (χ4n) is 2.53. The van der Waals surface area contributed by atoms with Crippen LogP contribution in [0.15, 0.2) is 40.0 Å². The lowest BCUT2D eigenvalue weighted by atomic mass is 9.85. The molecule has 1 aliphatic rings. The van der Waals surface area contributed by atoms with Crippen molar-refractivity contribution in [1.82, 2.24) is 0 Å². The molecule has 0 bridgehead atoms. The lowest BCUT2D eigenvalue weighted by molar-refractivity contribution is -0.557. The predicted molar refractivity (Wildman–Crippen MR) is 80.3 cm³/mol. The minimum absolute atomic E-state index is 0.0955. The first-order valence-corrected chi connectivity index (χ1v) is 9.88. The zero-order valence-corrected chi connectivity index (χ0v) is 14.9. The van der Waals surface area contributed by atoms with E-state index in [1.807, 2.05) is 0 Å². The molecule has 0 aliphatic heterocycles. The van der Waals surface area contributed by atoms with Gasteiger partial charge in [0.05, 0.1) is 0 Å². The van der Waals surface area contributed by atoms with Gasteiger partial charge >= 0.3 is 28.5 Å². The smallest absolute Gasteiger partial charge is 0.418 e. The lowest BCUT2D eigenvalue weighted by Gasteiger charge is -2.20. The molecular formula is C16H22BF4I. The minimum atomic E-state index is -6.00. The Morgan fingerprint density at radius 1 is 1.09 bits per heavy atom. The van der Waals surface area contributed by atoms with Crippen molar-refractivity contribution in [3.63, 3.8) is 0 Å². The summed E-state index contributed by atoms with van der Waals surface area (Å²) in [6.07, 6.45) is 8.68. The van der Waals surface area contributed by atoms with Crippen LogP contribution in [0.5, 0.6) is 0 Å². The van der Waals surface area contributed by atoms with Gasteiger partial charge in [0.15, 0.2) is 7.65 Å². The minimum Gasteiger partial charge on any atom is -0.418 e. The van der Waals surface area contributed by atoms with Crippen LogP contribution >= 0.6 is 0 Å². The molecule has 6 heteroatoms. The fourth-order valence-corrected chi connectivity index (χ4v) is 4.51. The first-order valence-electron chi connectivity index (χ1n) is 7.56. The lowest BCUT2D eigenvalue weighted by Crippen LogP contribution is -3.59. The third-order valence-electron chi connectivity index (χ3n) is 3.44. The van der Waals surface area contributed by atoms with Gasteiger partial charge in [0, 0.05) is 0 Å². The molecule has 0 nitrogen and oxygen atoms in total. The number of hydrogen-bond acceptors (Lipinski definition) is 0. The van der Waals surface area contributed by atoms with Crippen molar-refractivity contribution in [1.29, 1.82) is 0 Å². The molecule has 0 spiro atoms. The van der Waals surface area contributed by atoms with E-state index >= 15 is 0 Å². The summed E-state index contributed by atoms with van der Waals surface area (Å²) in [5.41, 5.74) is 1.63. The molecule has 1 aromatic carbocycles. The molecule has 1 aromatic rings. The average molecular weight is 428 g/mol. The molecule has 0 unspecified atom stereocenters. The van der Waals surface area contributed by atoms with Gasteiger partial charge in [-0.2, -0.15) is 0 Å². The van der Waals surface area contributed by atoms with E-state index in [9.17, 15) is 17.3 Å². The average Bonchev–Trinajstić information content (AvgIpc) is 2.46. The molecule has 2 rings (SSSR count). The standard InChI is InChI=1S/C16H22I.BF4/c1-14(12-15-8-4-2-5-9-15)13-17-16-10-6-3-7-11-16;2-1(3,4)5/h3,6-7,10-11,13,15H,2,4-5,8-9,12H2,1H3;/q+1;-1/b14-13+;. The van der Waals surface area contributed by atoms with Crippen LogP contribution in [0.4, 0.5) is 17.3 Å². The molecule has 0 aromatic heterocycles. The molecule has 0 atom stereocenters. The van der Waals surface area contributed by atoms with Crippen molar-refractivity contribution in [3.8, 4) is 0 Å². The van der Waals surface area contributed by atoms with E-state index in [2.05, 4.69) is 41.3 Å². The molecule has 0 N–H and O–H groups in total. The summed E-state index contributed by atoms with van der Waals surface area (Å²) in [6, 6.07) is 10.9. The number of rotatable bonds is 4. The van der Waals surface area contributed by atoms with Gasteiger partial charge in [-0.3, -0.25) is 0 Å². The number of hydrogen-bond donors (Lipinski definition) is 0. The summed E-state index contributed by atoms with van der Waals surface area (Å²) in [7, 11) is -6.00. The van der Waals surface area contributed by atoms with Crippen LogP contribution in [-0.4, -0.2) is 7.25 Å². The summed E-state index contributed by atoms with van der Waals surface area (Å²) >= 11 is 0.0955. The molecule has 0 radical (unpaired) electrons. The zero-order valence-electron chi connectivity index (χ0n) is 12.8. The zero-order chi connectivity index (χ0) is 16.4. The second kappa shape index (κ2) is 10.3. The van der Waals surface area contributed by atoms with Gasteiger partial charge in [0.2, 0.25) is 0 Å². The van der Waals surface area contributed by atoms with Crippen molar-refractivity contribution in [2.24, 2.45) is 5.92 Å². The van der Waals surface area contributed by atoms with E-state index in [1.54, 1.807) is 5.57 Å². The number of benzene rings is 1. The first kappa shape index (κ1) is 19.5. The van der Waals surface area contributed by atoms with Crippen LogP contribution in [0.2, 0.25) is 0 Å². The van der Waals surface area contributed by atoms with Gasteiger partial charge in [0.25, 0.3) is 0 Å². The Kier molecular flexibility index (Phi) is 9.13. The summed E-state index contributed by atoms with van der Waals surface area (Å²) in [4.78, 5) is 0. The molecule has 0 amide bonds. The second-order valence-corrected chi connectivity index (χ2v) is 8.05. The maximum atomic E-state index is 9.75. The normalized spacial score (nSPS) is 16.9. The molecule has 22 heavy (non-hydrogen) atoms. The summed E-state index contributed by atoms with van der Waals surface area (Å²) < 4.78 is 43.1. The molecular weight excluding hydrogens is 406 g/mol. The first-order chi connectivity index (χ1) is 10.3. The van der Waals surface area contributed by atoms with Crippen LogP contribution in [0.3, 0.4) is 0 Å². The Morgan fingerprint density at radius 2 is 1.64 bits per heavy atom. The molecule has 0 heterocycles. The van der Waals surface area contributed by atoms with Gasteiger partial charge < -0.3 is 17.3 Å². The van der Waals surface area contributed by atoms with Gasteiger partial charge in [0.1, 0.15) is 0 Å². The summed E-state index contributed by atoms with van der Waals surface area (Å²) in [5.74, 6) is 0.986. The van der Waals surface area contributed by atoms with Crippen LogP contribution in [0.25, 0.3) is 0 Å². The summed E-state index contributed by atoms with van der Waals surface area (Å²) in [6.45, 7) is 2.33. The monoisotopic (exact) mass is 428 g/mol. The van der Waals surface area contributed by atoms with Crippen molar-refractivity contribution in [3.05, 3.63) is 43.6 Å². The topological polar surface area (TPSA) is 0 Å². The highest BCUT2D eigenvalue weighted by atomic mass is 127. The van der Waals surface area contributed by atoms with E-state index in [0.29, 0.717) is 0 Å². The van der Waals surface area contributed by atoms with E-state index in [0.717, 1.165) is 5.92 Å². The number of allylic oxidation sites excluding steroid dienone is 1. The Morgan fingerprint density at radius 3 is 2.18 bits per heavy atom. The van der Waals surface area contributed by atoms with Crippen molar-refractivity contribution >= 4 is 7.25 Å². The SMILES string of the molecule is C/C(=C\[I+]c1ccccc1)CC1CCCCC1.F[B-](F)(F)F. The molecule has 1 saturated carbocycles. The van der Waals surface area contributed by atoms with Gasteiger partial charge in [-0.05, 0) is 37.0 Å². The van der Waals surface area contributed by atoms with Gasteiger partial charge in [-0.1, -0.05) is 50.3 Å². The van der Waals surface area contributed by atoms with Crippen molar-refractivity contribution in [2.45, 2.75) is 45.4 Å². The van der Waals surface area contributed by atoms with E-state index < -0.39 is 7.25 Å². The van der Waals surface area contributed by atoms with Crippen molar-refractivity contribution < 1.29 is 38.5 Å². The van der Waals surface area contributed by atoms with E-state index in [-0.39, 0.29) is 21.2 Å². The Labute approximate surface area is 140 Å². The van der Waals surface area contributed by atoms with Gasteiger partial charge in [-0.15, -0.1) is 0 Å². The van der Waals surface area contributed by atoms with E-state index in [4.69, 9.17) is 0 Å². The van der Waals surface area contributed by atoms with Crippen molar-refractivity contribution in [2.75, 3.05) is 0 Å². The van der Waals surface area contributed by atoms with Crippen LogP contribution in [0, 0.1) is 9.49 Å². The van der Waals surface area contributed by atoms with Crippen LogP contribution < -0.4 is 21.2 Å². The van der Waals surface area contributed by atoms with Crippen LogP contribution in [0.1, 0.15) is 45.4 Å². The number of halogens is 5. The Bertz CT molecular complexity index is 433. The highest BCUT2D eigenvalue weighted by Crippen LogP contribution is 2.28. The van der Waals surface area contributed by atoms with Crippen LogP contribution in [-0.2, 0) is 0 Å². The maximum Gasteiger partial charge on any atom is 0.673 e. The third-order valence-corrected chi connectivity index (χ3v) is 6.25. The predicted octanol–water partition coefficient (Wildman–Crippen LogP) is 3.12. The summed E-state index contributed by atoms with van der Waals surface area (Å²) in [5, 5.41) is 0. The van der Waals surface area contributed by atoms with Gasteiger partial charge in [-0.25, -0.2) is 0 Å². The Balaban J connectivity index is 0.000000422. The highest BCUT2D eigenvalue weighted by molar-refractivity contribution is 6.50.